The number of amides is 1. The number of carbonyl (C=O) groups is 1. The van der Waals surface area contributed by atoms with Crippen molar-refractivity contribution in [2.45, 2.75) is 25.3 Å². The molecule has 1 unspecified atom stereocenters. The van der Waals surface area contributed by atoms with Crippen LogP contribution in [0.1, 0.15) is 19.3 Å². The molecule has 0 radical (unpaired) electrons. The van der Waals surface area contributed by atoms with Gasteiger partial charge in [0.05, 0.1) is 17.5 Å². The second-order valence-electron chi connectivity index (χ2n) is 4.07. The number of likely N-dealkylation sites (tertiary alicyclic amines) is 1. The van der Waals surface area contributed by atoms with Crippen LogP contribution in [-0.2, 0) is 4.79 Å². The fourth-order valence-corrected chi connectivity index (χ4v) is 1.80. The molecular weight excluding hydrogens is 166 g/mol. The lowest BCUT2D eigenvalue weighted by Gasteiger charge is -2.39. The van der Waals surface area contributed by atoms with Gasteiger partial charge < -0.3 is 5.73 Å². The molecule has 0 bridgehead atoms. The number of carbonyl (C=O) groups excluding carboxylic acids is 1. The minimum Gasteiger partial charge on any atom is -0.368 e. The zero-order valence-corrected chi connectivity index (χ0v) is 7.49. The predicted molar refractivity (Wildman–Crippen MR) is 46.5 cm³/mol. The Morgan fingerprint density at radius 2 is 2.38 bits per heavy atom. The third-order valence-corrected chi connectivity index (χ3v) is 3.06. The maximum absolute atomic E-state index is 10.9. The number of nitriles is 1. The first-order valence-corrected chi connectivity index (χ1v) is 4.61. The third kappa shape index (κ3) is 1.40. The summed E-state index contributed by atoms with van der Waals surface area (Å²) in [4.78, 5) is 12.9. The molecule has 2 rings (SSSR count). The minimum absolute atomic E-state index is 0.106. The highest BCUT2D eigenvalue weighted by Crippen LogP contribution is 2.46. The zero-order chi connectivity index (χ0) is 9.47. The Labute approximate surface area is 77.3 Å². The quantitative estimate of drug-likeness (QED) is 0.655. The minimum atomic E-state index is -0.250. The average Bonchev–Trinajstić information content (AvgIpc) is 2.78. The SMILES string of the molecule is N#CC1(CN2CCC2C(N)=O)CC1. The highest BCUT2D eigenvalue weighted by Gasteiger charge is 2.47. The lowest BCUT2D eigenvalue weighted by Crippen LogP contribution is -2.56. The van der Waals surface area contributed by atoms with Crippen molar-refractivity contribution in [3.05, 3.63) is 0 Å². The summed E-state index contributed by atoms with van der Waals surface area (Å²) in [6.45, 7) is 1.65. The summed E-state index contributed by atoms with van der Waals surface area (Å²) in [6, 6.07) is 2.21. The van der Waals surface area contributed by atoms with Crippen molar-refractivity contribution in [2.75, 3.05) is 13.1 Å². The van der Waals surface area contributed by atoms with Gasteiger partial charge in [-0.25, -0.2) is 0 Å². The van der Waals surface area contributed by atoms with Gasteiger partial charge in [-0.15, -0.1) is 0 Å². The van der Waals surface area contributed by atoms with Gasteiger partial charge in [0.25, 0.3) is 0 Å². The molecule has 1 aliphatic heterocycles. The van der Waals surface area contributed by atoms with E-state index in [1.807, 2.05) is 4.90 Å². The first-order chi connectivity index (χ1) is 6.17. The zero-order valence-electron chi connectivity index (χ0n) is 7.49. The maximum Gasteiger partial charge on any atom is 0.234 e. The van der Waals surface area contributed by atoms with E-state index in [1.165, 1.54) is 0 Å². The summed E-state index contributed by atoms with van der Waals surface area (Å²) in [6.07, 6.45) is 2.81. The molecule has 4 nitrogen and oxygen atoms in total. The Bertz CT molecular complexity index is 277. The van der Waals surface area contributed by atoms with E-state index in [9.17, 15) is 4.79 Å². The predicted octanol–water partition coefficient (Wildman–Crippen LogP) is -0.150. The van der Waals surface area contributed by atoms with Crippen molar-refractivity contribution in [1.82, 2.24) is 4.90 Å². The van der Waals surface area contributed by atoms with Crippen LogP contribution in [0.3, 0.4) is 0 Å². The molecule has 1 heterocycles. The van der Waals surface area contributed by atoms with E-state index in [0.717, 1.165) is 32.4 Å². The molecule has 1 aliphatic carbocycles. The number of nitrogens with zero attached hydrogens (tertiary/aromatic N) is 2. The summed E-state index contributed by atoms with van der Waals surface area (Å²) < 4.78 is 0. The Kier molecular flexibility index (Phi) is 1.77. The number of primary amides is 1. The van der Waals surface area contributed by atoms with Gasteiger partial charge in [0.1, 0.15) is 0 Å². The summed E-state index contributed by atoms with van der Waals surface area (Å²) >= 11 is 0. The van der Waals surface area contributed by atoms with E-state index in [2.05, 4.69) is 6.07 Å². The lowest BCUT2D eigenvalue weighted by atomic mass is 9.98. The van der Waals surface area contributed by atoms with E-state index < -0.39 is 0 Å². The second kappa shape index (κ2) is 2.71. The number of rotatable bonds is 3. The van der Waals surface area contributed by atoms with Gasteiger partial charge in [-0.05, 0) is 19.3 Å². The van der Waals surface area contributed by atoms with Crippen LogP contribution in [0.5, 0.6) is 0 Å². The Hall–Kier alpha value is -1.08. The van der Waals surface area contributed by atoms with Crippen molar-refractivity contribution in [3.63, 3.8) is 0 Å². The first kappa shape index (κ1) is 8.52. The molecule has 70 valence electrons. The lowest BCUT2D eigenvalue weighted by molar-refractivity contribution is -0.127. The topological polar surface area (TPSA) is 70.1 Å². The van der Waals surface area contributed by atoms with Crippen LogP contribution in [0.15, 0.2) is 0 Å². The number of hydrogen-bond acceptors (Lipinski definition) is 3. The fraction of sp³-hybridized carbons (Fsp3) is 0.778. The van der Waals surface area contributed by atoms with E-state index >= 15 is 0 Å². The Balaban J connectivity index is 1.90. The normalized spacial score (nSPS) is 30.2. The molecule has 2 N–H and O–H groups in total. The molecule has 1 atom stereocenters. The summed E-state index contributed by atoms with van der Waals surface area (Å²) in [5, 5.41) is 8.86. The van der Waals surface area contributed by atoms with Gasteiger partial charge in [-0.2, -0.15) is 5.26 Å². The summed E-state index contributed by atoms with van der Waals surface area (Å²) in [7, 11) is 0. The molecule has 1 saturated carbocycles. The van der Waals surface area contributed by atoms with Crippen molar-refractivity contribution >= 4 is 5.91 Å². The molecule has 1 saturated heterocycles. The molecule has 0 spiro atoms. The molecule has 1 amide bonds. The van der Waals surface area contributed by atoms with Crippen molar-refractivity contribution in [3.8, 4) is 6.07 Å². The largest absolute Gasteiger partial charge is 0.368 e. The van der Waals surface area contributed by atoms with Crippen LogP contribution in [0.4, 0.5) is 0 Å². The van der Waals surface area contributed by atoms with E-state index in [1.54, 1.807) is 0 Å². The van der Waals surface area contributed by atoms with Crippen LogP contribution in [0.2, 0.25) is 0 Å². The molecule has 13 heavy (non-hydrogen) atoms. The fourth-order valence-electron chi connectivity index (χ4n) is 1.80. The monoisotopic (exact) mass is 179 g/mol. The second-order valence-corrected chi connectivity index (χ2v) is 4.07. The smallest absolute Gasteiger partial charge is 0.234 e. The van der Waals surface area contributed by atoms with Crippen molar-refractivity contribution < 1.29 is 4.79 Å². The van der Waals surface area contributed by atoms with Crippen LogP contribution in [-0.4, -0.2) is 29.9 Å². The molecular formula is C9H13N3O. The van der Waals surface area contributed by atoms with Crippen LogP contribution in [0, 0.1) is 16.7 Å². The molecule has 2 aliphatic rings. The summed E-state index contributed by atoms with van der Waals surface area (Å²) in [5.41, 5.74) is 5.06. The molecule has 2 fully saturated rings. The Morgan fingerprint density at radius 3 is 2.69 bits per heavy atom. The van der Waals surface area contributed by atoms with Crippen molar-refractivity contribution in [2.24, 2.45) is 11.1 Å². The standard InChI is InChI=1S/C9H13N3O/c10-5-9(2-3-9)6-12-4-1-7(12)8(11)13/h7H,1-4,6H2,(H2,11,13). The van der Waals surface area contributed by atoms with Gasteiger partial charge in [0.2, 0.25) is 5.91 Å². The van der Waals surface area contributed by atoms with Crippen LogP contribution in [0.25, 0.3) is 0 Å². The van der Waals surface area contributed by atoms with Crippen molar-refractivity contribution in [1.29, 1.82) is 5.26 Å². The van der Waals surface area contributed by atoms with Gasteiger partial charge in [-0.1, -0.05) is 0 Å². The number of nitrogens with two attached hydrogens (primary N) is 1. The van der Waals surface area contributed by atoms with E-state index in [4.69, 9.17) is 11.0 Å². The highest BCUT2D eigenvalue weighted by molar-refractivity contribution is 5.80. The van der Waals surface area contributed by atoms with Gasteiger partial charge in [0.15, 0.2) is 0 Å². The van der Waals surface area contributed by atoms with E-state index in [0.29, 0.717) is 0 Å². The van der Waals surface area contributed by atoms with Gasteiger partial charge >= 0.3 is 0 Å². The number of hydrogen-bond donors (Lipinski definition) is 1. The van der Waals surface area contributed by atoms with Gasteiger partial charge in [-0.3, -0.25) is 9.69 Å². The maximum atomic E-state index is 10.9. The molecule has 0 aromatic rings. The molecule has 4 heteroatoms. The molecule has 0 aromatic carbocycles. The third-order valence-electron chi connectivity index (χ3n) is 3.06. The van der Waals surface area contributed by atoms with Crippen LogP contribution >= 0.6 is 0 Å². The van der Waals surface area contributed by atoms with Crippen LogP contribution < -0.4 is 5.73 Å². The first-order valence-electron chi connectivity index (χ1n) is 4.61. The van der Waals surface area contributed by atoms with E-state index in [-0.39, 0.29) is 17.4 Å². The Morgan fingerprint density at radius 1 is 1.69 bits per heavy atom. The average molecular weight is 179 g/mol. The molecule has 0 aromatic heterocycles. The highest BCUT2D eigenvalue weighted by atomic mass is 16.1. The summed E-state index contributed by atoms with van der Waals surface area (Å²) in [5.74, 6) is -0.250. The van der Waals surface area contributed by atoms with Gasteiger partial charge in [0, 0.05) is 13.1 Å².